The number of aromatic nitrogens is 3. The highest BCUT2D eigenvalue weighted by Crippen LogP contribution is 2.60. The van der Waals surface area contributed by atoms with Crippen LogP contribution in [0.1, 0.15) is 64.0 Å². The second-order valence-electron chi connectivity index (χ2n) is 12.3. The number of alkyl carbamates (subject to hydrolysis) is 1. The highest BCUT2D eigenvalue weighted by Gasteiger charge is 2.55. The van der Waals surface area contributed by atoms with Crippen molar-refractivity contribution in [3.8, 4) is 6.07 Å². The van der Waals surface area contributed by atoms with Gasteiger partial charge < -0.3 is 25.2 Å². The van der Waals surface area contributed by atoms with Crippen LogP contribution in [0, 0.1) is 34.5 Å². The van der Waals surface area contributed by atoms with Crippen LogP contribution in [0.2, 0.25) is 0 Å². The van der Waals surface area contributed by atoms with Crippen molar-refractivity contribution < 1.29 is 14.1 Å². The van der Waals surface area contributed by atoms with Gasteiger partial charge in [-0.2, -0.15) is 10.2 Å². The van der Waals surface area contributed by atoms with Crippen molar-refractivity contribution in [3.63, 3.8) is 0 Å². The SMILES string of the molecule is C[S+]([O-])c1ncccc1CNc1ncc(C#N)c(NC[C@]23CC4C[C@H](C2)[C@@H](NC(=O)OC(C)(C)C)[C@@H](C4)C3)n1. The Labute approximate surface area is 232 Å². The van der Waals surface area contributed by atoms with Crippen LogP contribution in [0.15, 0.2) is 29.6 Å². The van der Waals surface area contributed by atoms with Crippen LogP contribution in [-0.4, -0.2) is 50.0 Å². The van der Waals surface area contributed by atoms with Gasteiger partial charge in [-0.05, 0) is 88.2 Å². The number of hydrogen-bond acceptors (Lipinski definition) is 9. The third kappa shape index (κ3) is 6.23. The minimum absolute atomic E-state index is 0.115. The van der Waals surface area contributed by atoms with Gasteiger partial charge in [-0.3, -0.25) is 0 Å². The van der Waals surface area contributed by atoms with E-state index in [9.17, 15) is 14.6 Å². The molecule has 0 saturated heterocycles. The molecule has 2 heterocycles. The van der Waals surface area contributed by atoms with Crippen LogP contribution in [0.3, 0.4) is 0 Å². The maximum absolute atomic E-state index is 12.5. The van der Waals surface area contributed by atoms with Gasteiger partial charge in [0.15, 0.2) is 0 Å². The monoisotopic (exact) mass is 551 g/mol. The van der Waals surface area contributed by atoms with Crippen LogP contribution in [0.4, 0.5) is 16.6 Å². The zero-order valence-electron chi connectivity index (χ0n) is 23.0. The molecule has 3 N–H and O–H groups in total. The van der Waals surface area contributed by atoms with Crippen LogP contribution in [-0.2, 0) is 22.5 Å². The summed E-state index contributed by atoms with van der Waals surface area (Å²) in [5, 5.41) is 20.1. The van der Waals surface area contributed by atoms with Crippen molar-refractivity contribution in [2.24, 2.45) is 23.2 Å². The number of carbonyl (C=O) groups is 1. The smallest absolute Gasteiger partial charge is 0.407 e. The summed E-state index contributed by atoms with van der Waals surface area (Å²) < 4.78 is 17.6. The van der Waals surface area contributed by atoms with Crippen molar-refractivity contribution >= 4 is 29.0 Å². The predicted octanol–water partition coefficient (Wildman–Crippen LogP) is 4.22. The minimum Gasteiger partial charge on any atom is -0.610 e. The number of hydrogen-bond donors (Lipinski definition) is 3. The number of amides is 1. The van der Waals surface area contributed by atoms with E-state index in [0.29, 0.717) is 46.7 Å². The summed E-state index contributed by atoms with van der Waals surface area (Å²) in [6.07, 6.45) is 9.93. The predicted molar refractivity (Wildman–Crippen MR) is 148 cm³/mol. The summed E-state index contributed by atoms with van der Waals surface area (Å²) in [5.74, 6) is 2.43. The zero-order valence-corrected chi connectivity index (χ0v) is 23.8. The van der Waals surface area contributed by atoms with Gasteiger partial charge in [-0.15, -0.1) is 0 Å². The Morgan fingerprint density at radius 3 is 2.64 bits per heavy atom. The quantitative estimate of drug-likeness (QED) is 0.410. The first-order valence-corrected chi connectivity index (χ1v) is 15.1. The molecule has 4 bridgehead atoms. The minimum atomic E-state index is -1.21. The van der Waals surface area contributed by atoms with Crippen molar-refractivity contribution in [1.82, 2.24) is 20.3 Å². The normalized spacial score (nSPS) is 27.9. The van der Waals surface area contributed by atoms with E-state index < -0.39 is 16.8 Å². The number of pyridine rings is 1. The first-order valence-electron chi connectivity index (χ1n) is 13.6. The summed E-state index contributed by atoms with van der Waals surface area (Å²) in [6.45, 7) is 6.75. The fourth-order valence-corrected chi connectivity index (χ4v) is 7.75. The van der Waals surface area contributed by atoms with E-state index in [1.54, 1.807) is 18.5 Å². The fraction of sp³-hybridized carbons (Fsp3) is 0.607. The lowest BCUT2D eigenvalue weighted by molar-refractivity contribution is -0.0703. The van der Waals surface area contributed by atoms with Gasteiger partial charge in [0.1, 0.15) is 29.3 Å². The Bertz CT molecular complexity index is 1240. The third-order valence-electron chi connectivity index (χ3n) is 8.18. The Hall–Kier alpha value is -3.10. The number of carbonyl (C=O) groups excluding carboxylic acids is 1. The molecule has 208 valence electrons. The summed E-state index contributed by atoms with van der Waals surface area (Å²) in [7, 11) is 0. The molecular formula is C28H37N7O3S. The molecule has 11 heteroatoms. The van der Waals surface area contributed by atoms with Gasteiger partial charge in [0.2, 0.25) is 11.0 Å². The summed E-state index contributed by atoms with van der Waals surface area (Å²) in [6, 6.07) is 6.03. The van der Waals surface area contributed by atoms with E-state index in [1.165, 1.54) is 6.20 Å². The largest absolute Gasteiger partial charge is 0.610 e. The molecule has 0 aliphatic heterocycles. The maximum atomic E-state index is 12.5. The lowest BCUT2D eigenvalue weighted by Gasteiger charge is -2.60. The zero-order chi connectivity index (χ0) is 27.8. The Kier molecular flexibility index (Phi) is 7.62. The number of nitrogens with zero attached hydrogens (tertiary/aromatic N) is 4. The second-order valence-corrected chi connectivity index (χ2v) is 13.6. The standard InChI is InChI=1S/C28H37N7O3S/c1-27(2,3)38-26(36)34-22-19-8-17-9-20(22)12-28(10-17,11-19)16-33-23-21(13-29)15-32-25(35-23)31-14-18-6-5-7-30-24(18)39(4)37/h5-7,15,17,19-20,22H,8-12,14,16H2,1-4H3,(H,34,36)(H2,31,32,33,35)/t17?,19-,20+,22-,28-,39?. The van der Waals surface area contributed by atoms with Gasteiger partial charge in [0, 0.05) is 42.1 Å². The molecule has 0 aromatic carbocycles. The van der Waals surface area contributed by atoms with E-state index in [0.717, 1.165) is 44.2 Å². The van der Waals surface area contributed by atoms with E-state index >= 15 is 0 Å². The summed E-state index contributed by atoms with van der Waals surface area (Å²) in [4.78, 5) is 25.7. The third-order valence-corrected chi connectivity index (χ3v) is 9.09. The second kappa shape index (κ2) is 10.8. The molecule has 6 rings (SSSR count). The molecule has 2 aromatic rings. The van der Waals surface area contributed by atoms with E-state index in [-0.39, 0.29) is 17.6 Å². The molecule has 1 amide bonds. The molecule has 6 atom stereocenters. The fourth-order valence-electron chi connectivity index (χ4n) is 7.04. The summed E-state index contributed by atoms with van der Waals surface area (Å²) >= 11 is -1.21. The van der Waals surface area contributed by atoms with E-state index in [2.05, 4.69) is 37.0 Å². The maximum Gasteiger partial charge on any atom is 0.407 e. The highest BCUT2D eigenvalue weighted by atomic mass is 32.2. The van der Waals surface area contributed by atoms with Gasteiger partial charge in [0.25, 0.3) is 0 Å². The number of anilines is 2. The molecule has 39 heavy (non-hydrogen) atoms. The first-order chi connectivity index (χ1) is 18.5. The van der Waals surface area contributed by atoms with Crippen LogP contribution in [0.25, 0.3) is 0 Å². The van der Waals surface area contributed by atoms with Gasteiger partial charge >= 0.3 is 6.09 Å². The lowest BCUT2D eigenvalue weighted by Crippen LogP contribution is -2.60. The van der Waals surface area contributed by atoms with Crippen molar-refractivity contribution in [2.45, 2.75) is 76.1 Å². The Morgan fingerprint density at radius 1 is 1.23 bits per heavy atom. The van der Waals surface area contributed by atoms with Gasteiger partial charge in [0.05, 0.1) is 6.20 Å². The van der Waals surface area contributed by atoms with Gasteiger partial charge in [-0.25, -0.2) is 14.8 Å². The van der Waals surface area contributed by atoms with Crippen molar-refractivity contribution in [3.05, 3.63) is 35.7 Å². The first kappa shape index (κ1) is 27.5. The highest BCUT2D eigenvalue weighted by molar-refractivity contribution is 7.90. The average Bonchev–Trinajstić information content (AvgIpc) is 2.87. The van der Waals surface area contributed by atoms with E-state index in [1.807, 2.05) is 26.8 Å². The number of ether oxygens (including phenoxy) is 1. The molecule has 2 unspecified atom stereocenters. The molecule has 4 saturated carbocycles. The van der Waals surface area contributed by atoms with Crippen molar-refractivity contribution in [1.29, 1.82) is 5.26 Å². The lowest BCUT2D eigenvalue weighted by atomic mass is 9.48. The molecule has 2 aromatic heterocycles. The molecule has 10 nitrogen and oxygen atoms in total. The average molecular weight is 552 g/mol. The molecule has 0 radical (unpaired) electrons. The van der Waals surface area contributed by atoms with Gasteiger partial charge in [-0.1, -0.05) is 0 Å². The molecule has 4 aliphatic rings. The molecule has 0 spiro atoms. The topological polar surface area (TPSA) is 148 Å². The number of nitrogens with one attached hydrogen (secondary N) is 3. The van der Waals surface area contributed by atoms with Crippen LogP contribution < -0.4 is 16.0 Å². The molecule has 4 fully saturated rings. The molecular weight excluding hydrogens is 514 g/mol. The van der Waals surface area contributed by atoms with Crippen LogP contribution in [0.5, 0.6) is 0 Å². The number of rotatable bonds is 8. The summed E-state index contributed by atoms with van der Waals surface area (Å²) in [5.41, 5.74) is 0.805. The van der Waals surface area contributed by atoms with Crippen molar-refractivity contribution in [2.75, 3.05) is 23.4 Å². The van der Waals surface area contributed by atoms with E-state index in [4.69, 9.17) is 4.74 Å². The molecule has 4 aliphatic carbocycles. The Balaban J connectivity index is 1.24. The Morgan fingerprint density at radius 2 is 1.97 bits per heavy atom. The van der Waals surface area contributed by atoms with Crippen LogP contribution >= 0.6 is 0 Å². The number of nitriles is 1.